The molecule has 0 amide bonds. The molecule has 1 aromatic carbocycles. The van der Waals surface area contributed by atoms with Crippen LogP contribution in [0, 0.1) is 0 Å². The second-order valence-electron chi connectivity index (χ2n) is 3.39. The summed E-state index contributed by atoms with van der Waals surface area (Å²) in [6.07, 6.45) is 2.73. The van der Waals surface area contributed by atoms with Crippen LogP contribution in [0.4, 0.5) is 0 Å². The number of carbonyl (C=O) groups is 1. The molecule has 0 aliphatic rings. The number of carbonyl (C=O) groups excluding carboxylic acids is 1. The van der Waals surface area contributed by atoms with Crippen molar-refractivity contribution in [3.05, 3.63) is 47.0 Å². The van der Waals surface area contributed by atoms with Crippen LogP contribution in [0.15, 0.2) is 41.4 Å². The molecular formula is C12H15NOS. The first-order chi connectivity index (χ1) is 7.22. The first-order valence-electron chi connectivity index (χ1n) is 4.72. The number of benzene rings is 1. The summed E-state index contributed by atoms with van der Waals surface area (Å²) in [6, 6.07) is 10.1. The second kappa shape index (κ2) is 6.30. The van der Waals surface area contributed by atoms with Crippen LogP contribution in [0.2, 0.25) is 0 Å². The number of nitrogens with zero attached hydrogens (tertiary/aromatic N) is 1. The lowest BCUT2D eigenvalue weighted by molar-refractivity contribution is -0.104. The highest BCUT2D eigenvalue weighted by molar-refractivity contribution is 8.03. The molecule has 3 heteroatoms. The van der Waals surface area contributed by atoms with E-state index in [9.17, 15) is 4.79 Å². The SMILES string of the molecule is CN(C)/C=C(\C=O)SCc1ccccc1. The summed E-state index contributed by atoms with van der Waals surface area (Å²) in [5.74, 6) is 0.833. The van der Waals surface area contributed by atoms with Crippen molar-refractivity contribution in [3.63, 3.8) is 0 Å². The summed E-state index contributed by atoms with van der Waals surface area (Å²) in [5, 5.41) is 0. The molecule has 1 aromatic rings. The van der Waals surface area contributed by atoms with Crippen LogP contribution in [-0.4, -0.2) is 25.3 Å². The van der Waals surface area contributed by atoms with E-state index in [1.165, 1.54) is 5.56 Å². The molecule has 1 rings (SSSR count). The van der Waals surface area contributed by atoms with Crippen molar-refractivity contribution >= 4 is 18.0 Å². The van der Waals surface area contributed by atoms with Crippen LogP contribution in [-0.2, 0) is 10.5 Å². The lowest BCUT2D eigenvalue weighted by atomic mass is 10.2. The van der Waals surface area contributed by atoms with E-state index in [0.717, 1.165) is 16.9 Å². The Labute approximate surface area is 95.0 Å². The van der Waals surface area contributed by atoms with Gasteiger partial charge >= 0.3 is 0 Å². The lowest BCUT2D eigenvalue weighted by Crippen LogP contribution is -2.02. The molecule has 2 nitrogen and oxygen atoms in total. The number of rotatable bonds is 5. The molecule has 0 aromatic heterocycles. The minimum absolute atomic E-state index is 0.754. The quantitative estimate of drug-likeness (QED) is 0.563. The van der Waals surface area contributed by atoms with E-state index in [1.807, 2.05) is 43.4 Å². The van der Waals surface area contributed by atoms with Gasteiger partial charge in [0, 0.05) is 26.0 Å². The summed E-state index contributed by atoms with van der Waals surface area (Å²) >= 11 is 1.55. The van der Waals surface area contributed by atoms with Crippen LogP contribution in [0.25, 0.3) is 0 Å². The molecule has 0 fully saturated rings. The highest BCUT2D eigenvalue weighted by Crippen LogP contribution is 2.19. The van der Waals surface area contributed by atoms with E-state index in [0.29, 0.717) is 0 Å². The fourth-order valence-corrected chi connectivity index (χ4v) is 1.98. The van der Waals surface area contributed by atoms with Crippen LogP contribution in [0.1, 0.15) is 5.56 Å². The van der Waals surface area contributed by atoms with Crippen LogP contribution in [0.3, 0.4) is 0 Å². The van der Waals surface area contributed by atoms with Crippen molar-refractivity contribution in [1.82, 2.24) is 4.90 Å². The standard InChI is InChI=1S/C12H15NOS/c1-13(2)8-12(9-14)15-10-11-6-4-3-5-7-11/h3-9H,10H2,1-2H3/b12-8+. The Hall–Kier alpha value is -1.22. The van der Waals surface area contributed by atoms with Crippen molar-refractivity contribution in [2.45, 2.75) is 5.75 Å². The zero-order chi connectivity index (χ0) is 11.1. The van der Waals surface area contributed by atoms with Gasteiger partial charge in [-0.2, -0.15) is 0 Å². The molecule has 0 N–H and O–H groups in total. The van der Waals surface area contributed by atoms with Gasteiger partial charge in [-0.3, -0.25) is 4.79 Å². The fraction of sp³-hybridized carbons (Fsp3) is 0.250. The predicted molar refractivity (Wildman–Crippen MR) is 65.6 cm³/mol. The Morgan fingerprint density at radius 3 is 2.53 bits per heavy atom. The molecule has 0 aliphatic carbocycles. The van der Waals surface area contributed by atoms with Gasteiger partial charge in [-0.25, -0.2) is 0 Å². The molecule has 0 saturated carbocycles. The van der Waals surface area contributed by atoms with E-state index >= 15 is 0 Å². The van der Waals surface area contributed by atoms with Gasteiger partial charge in [0.05, 0.1) is 4.91 Å². The van der Waals surface area contributed by atoms with Crippen molar-refractivity contribution in [2.24, 2.45) is 0 Å². The van der Waals surface area contributed by atoms with Gasteiger partial charge in [-0.1, -0.05) is 30.3 Å². The normalized spacial score (nSPS) is 11.2. The van der Waals surface area contributed by atoms with Gasteiger partial charge in [-0.15, -0.1) is 11.8 Å². The third-order valence-corrected chi connectivity index (χ3v) is 2.76. The molecule has 0 bridgehead atoms. The van der Waals surface area contributed by atoms with Crippen molar-refractivity contribution in [3.8, 4) is 0 Å². The van der Waals surface area contributed by atoms with Crippen LogP contribution < -0.4 is 0 Å². The van der Waals surface area contributed by atoms with E-state index in [4.69, 9.17) is 0 Å². The zero-order valence-corrected chi connectivity index (χ0v) is 9.83. The summed E-state index contributed by atoms with van der Waals surface area (Å²) in [4.78, 5) is 13.4. The summed E-state index contributed by atoms with van der Waals surface area (Å²) in [7, 11) is 3.82. The van der Waals surface area contributed by atoms with Crippen LogP contribution >= 0.6 is 11.8 Å². The maximum Gasteiger partial charge on any atom is 0.157 e. The highest BCUT2D eigenvalue weighted by Gasteiger charge is 1.98. The molecule has 0 saturated heterocycles. The van der Waals surface area contributed by atoms with Gasteiger partial charge in [-0.05, 0) is 5.56 Å². The Morgan fingerprint density at radius 1 is 1.33 bits per heavy atom. The Balaban J connectivity index is 2.52. The van der Waals surface area contributed by atoms with Crippen molar-refractivity contribution < 1.29 is 4.79 Å². The summed E-state index contributed by atoms with van der Waals surface area (Å²) in [5.41, 5.74) is 1.23. The average Bonchev–Trinajstić information content (AvgIpc) is 2.25. The van der Waals surface area contributed by atoms with Gasteiger partial charge in [0.1, 0.15) is 0 Å². The number of thioether (sulfide) groups is 1. The van der Waals surface area contributed by atoms with E-state index < -0.39 is 0 Å². The number of hydrogen-bond acceptors (Lipinski definition) is 3. The molecule has 0 radical (unpaired) electrons. The molecule has 0 spiro atoms. The van der Waals surface area contributed by atoms with E-state index in [-0.39, 0.29) is 0 Å². The average molecular weight is 221 g/mol. The Bertz CT molecular complexity index is 333. The van der Waals surface area contributed by atoms with E-state index in [2.05, 4.69) is 12.1 Å². The lowest BCUT2D eigenvalue weighted by Gasteiger charge is -2.06. The minimum atomic E-state index is 0.754. The highest BCUT2D eigenvalue weighted by atomic mass is 32.2. The number of aldehydes is 1. The third kappa shape index (κ3) is 4.70. The maximum atomic E-state index is 10.7. The molecule has 15 heavy (non-hydrogen) atoms. The first-order valence-corrected chi connectivity index (χ1v) is 5.71. The smallest absolute Gasteiger partial charge is 0.157 e. The van der Waals surface area contributed by atoms with Gasteiger partial charge in [0.15, 0.2) is 6.29 Å². The van der Waals surface area contributed by atoms with Crippen molar-refractivity contribution in [1.29, 1.82) is 0 Å². The molecule has 0 aliphatic heterocycles. The van der Waals surface area contributed by atoms with Gasteiger partial charge in [0.25, 0.3) is 0 Å². The monoisotopic (exact) mass is 221 g/mol. The molecule has 80 valence electrons. The molecule has 0 unspecified atom stereocenters. The Morgan fingerprint density at radius 2 is 2.00 bits per heavy atom. The first kappa shape index (κ1) is 11.9. The maximum absolute atomic E-state index is 10.7. The Kier molecular flexibility index (Phi) is 4.98. The third-order valence-electron chi connectivity index (χ3n) is 1.75. The largest absolute Gasteiger partial charge is 0.382 e. The van der Waals surface area contributed by atoms with Gasteiger partial charge in [0.2, 0.25) is 0 Å². The topological polar surface area (TPSA) is 20.3 Å². The summed E-state index contributed by atoms with van der Waals surface area (Å²) in [6.45, 7) is 0. The van der Waals surface area contributed by atoms with Gasteiger partial charge < -0.3 is 4.90 Å². The predicted octanol–water partition coefficient (Wildman–Crippen LogP) is 2.52. The number of hydrogen-bond donors (Lipinski definition) is 0. The fourth-order valence-electron chi connectivity index (χ4n) is 1.10. The van der Waals surface area contributed by atoms with Crippen molar-refractivity contribution in [2.75, 3.05) is 14.1 Å². The van der Waals surface area contributed by atoms with E-state index in [1.54, 1.807) is 11.8 Å². The summed E-state index contributed by atoms with van der Waals surface area (Å²) < 4.78 is 0. The van der Waals surface area contributed by atoms with Crippen LogP contribution in [0.5, 0.6) is 0 Å². The second-order valence-corrected chi connectivity index (χ2v) is 4.44. The molecular weight excluding hydrogens is 206 g/mol. The molecule has 0 heterocycles. The number of allylic oxidation sites excluding steroid dienone is 1. The zero-order valence-electron chi connectivity index (χ0n) is 9.01. The minimum Gasteiger partial charge on any atom is -0.382 e. The molecule has 0 atom stereocenters.